The fourth-order valence-corrected chi connectivity index (χ4v) is 78.2. The molecule has 2 aliphatic rings. The van der Waals surface area contributed by atoms with E-state index in [0.29, 0.717) is 3.67 Å². The van der Waals surface area contributed by atoms with Crippen molar-refractivity contribution < 1.29 is 17.3 Å². The molecule has 5 aromatic carbocycles. The van der Waals surface area contributed by atoms with Gasteiger partial charge < -0.3 is 0 Å². The summed E-state index contributed by atoms with van der Waals surface area (Å²) in [7, 11) is 0. The van der Waals surface area contributed by atoms with Crippen LogP contribution in [0.1, 0.15) is 25.9 Å². The normalized spacial score (nSPS) is 15.0. The maximum atomic E-state index is 2.60. The Kier molecular flexibility index (Phi) is 6.15. The first kappa shape index (κ1) is 22.7. The summed E-state index contributed by atoms with van der Waals surface area (Å²) < 4.78 is 5.76. The van der Waals surface area contributed by atoms with Gasteiger partial charge in [-0.3, -0.25) is 0 Å². The van der Waals surface area contributed by atoms with E-state index in [0.717, 1.165) is 6.42 Å². The average molecular weight is 733 g/mol. The van der Waals surface area contributed by atoms with Gasteiger partial charge in [-0.25, -0.2) is 0 Å². The Bertz CT molecular complexity index is 1530. The molecule has 1 atom stereocenters. The molecule has 0 bridgehead atoms. The molecule has 7 rings (SSSR count). The van der Waals surface area contributed by atoms with E-state index in [1.54, 1.807) is 21.6 Å². The van der Waals surface area contributed by atoms with Crippen molar-refractivity contribution in [3.05, 3.63) is 156 Å². The molecular weight excluding hydrogens is 706 g/mol. The predicted molar refractivity (Wildman–Crippen MR) is 152 cm³/mol. The van der Waals surface area contributed by atoms with Crippen LogP contribution in [0.2, 0.25) is 0 Å². The standard InChI is InChI=1S/C13H9.C9H7.2C6H5.Hf.Sn.H/c1-3-7-12-10(5-1)9-11-6-2-4-8-13(11)12;1-2-5-9-7-3-6-8(9)4-1;2*1-2-4-6-5-3-1;;;/h1-5,7-8H,9H2;1-7H;2*1-5H;;;. The third-order valence-corrected chi connectivity index (χ3v) is 70.5. The summed E-state index contributed by atoms with van der Waals surface area (Å²) in [5.74, 6) is 0. The number of hydrogen-bond acceptors (Lipinski definition) is 0. The first-order valence-corrected chi connectivity index (χ1v) is 35.6. The van der Waals surface area contributed by atoms with Crippen LogP contribution in [-0.4, -0.2) is 15.3 Å². The van der Waals surface area contributed by atoms with Crippen LogP contribution in [0, 0.1) is 0 Å². The van der Waals surface area contributed by atoms with Crippen molar-refractivity contribution in [3.8, 4) is 11.1 Å². The first-order valence-electron chi connectivity index (χ1n) is 12.8. The van der Waals surface area contributed by atoms with Crippen LogP contribution in [0.3, 0.4) is 0 Å². The molecule has 0 saturated heterocycles. The molecule has 0 radical (unpaired) electrons. The first-order chi connectivity index (χ1) is 17.9. The molecule has 2 aliphatic carbocycles. The number of fused-ring (bicyclic) bond motifs is 4. The summed E-state index contributed by atoms with van der Waals surface area (Å²) in [6.07, 6.45) is 6.11. The Morgan fingerprint density at radius 2 is 1.22 bits per heavy atom. The molecule has 36 heavy (non-hydrogen) atoms. The van der Waals surface area contributed by atoms with Crippen molar-refractivity contribution in [2.75, 3.05) is 0 Å². The van der Waals surface area contributed by atoms with Crippen molar-refractivity contribution in [1.82, 2.24) is 0 Å². The summed E-state index contributed by atoms with van der Waals surface area (Å²) in [5.41, 5.74) is 9.11. The average Bonchev–Trinajstić information content (AvgIpc) is 3.54. The van der Waals surface area contributed by atoms with Crippen LogP contribution < -0.4 is 10.5 Å². The summed E-state index contributed by atoms with van der Waals surface area (Å²) in [4.78, 5) is 0. The predicted octanol–water partition coefficient (Wildman–Crippen LogP) is 5.81. The molecule has 0 spiro atoms. The van der Waals surface area contributed by atoms with E-state index in [1.165, 1.54) is 22.3 Å². The molecule has 0 aliphatic heterocycles. The SMILES string of the molecule is C1=C[CH]([Hf]([c]2cccc3c2Cc2ccccc2-3)[SnH]([c]2ccccc2)[c]2ccccc2)c2ccccc21. The van der Waals surface area contributed by atoms with Crippen LogP contribution in [-0.2, 0) is 23.7 Å². The van der Waals surface area contributed by atoms with Crippen molar-refractivity contribution in [3.63, 3.8) is 0 Å². The molecule has 0 heterocycles. The molecule has 1 unspecified atom stereocenters. The van der Waals surface area contributed by atoms with Crippen LogP contribution in [0.5, 0.6) is 0 Å². The van der Waals surface area contributed by atoms with E-state index in [9.17, 15) is 0 Å². The van der Waals surface area contributed by atoms with E-state index < -0.39 is 32.6 Å². The summed E-state index contributed by atoms with van der Waals surface area (Å²) in [6.45, 7) is 0. The zero-order valence-corrected chi connectivity index (χ0v) is 27.0. The van der Waals surface area contributed by atoms with Gasteiger partial charge in [-0.15, -0.1) is 0 Å². The van der Waals surface area contributed by atoms with Gasteiger partial charge in [0, 0.05) is 0 Å². The second-order valence-corrected chi connectivity index (χ2v) is 52.0. The molecule has 171 valence electrons. The van der Waals surface area contributed by atoms with Crippen molar-refractivity contribution in [2.45, 2.75) is 10.1 Å². The van der Waals surface area contributed by atoms with Crippen LogP contribution in [0.4, 0.5) is 0 Å². The molecule has 0 fully saturated rings. The minimum atomic E-state index is -2.56. The molecule has 0 aromatic heterocycles. The Hall–Kier alpha value is -2.49. The van der Waals surface area contributed by atoms with Gasteiger partial charge >= 0.3 is 226 Å². The Morgan fingerprint density at radius 1 is 0.583 bits per heavy atom. The van der Waals surface area contributed by atoms with E-state index in [1.807, 2.05) is 0 Å². The number of hydrogen-bond donors (Lipinski definition) is 0. The Balaban J connectivity index is 1.48. The van der Waals surface area contributed by atoms with Gasteiger partial charge in [-0.2, -0.15) is 0 Å². The molecule has 0 amide bonds. The topological polar surface area (TPSA) is 0 Å². The van der Waals surface area contributed by atoms with Crippen LogP contribution in [0.15, 0.2) is 133 Å². The Morgan fingerprint density at radius 3 is 2.00 bits per heavy atom. The fraction of sp³-hybridized carbons (Fsp3) is 0.0588. The van der Waals surface area contributed by atoms with Gasteiger partial charge in [0.05, 0.1) is 0 Å². The Labute approximate surface area is 224 Å². The summed E-state index contributed by atoms with van der Waals surface area (Å²) in [5, 5.41) is 0. The van der Waals surface area contributed by atoms with Gasteiger partial charge in [-0.05, 0) is 0 Å². The molecule has 0 N–H and O–H groups in total. The second kappa shape index (κ2) is 9.76. The van der Waals surface area contributed by atoms with Gasteiger partial charge in [0.25, 0.3) is 0 Å². The quantitative estimate of drug-likeness (QED) is 0.197. The molecule has 0 saturated carbocycles. The van der Waals surface area contributed by atoms with E-state index in [-0.39, 0.29) is 0 Å². The van der Waals surface area contributed by atoms with Gasteiger partial charge in [0.15, 0.2) is 0 Å². The zero-order chi connectivity index (χ0) is 23.9. The molecule has 2 heteroatoms. The van der Waals surface area contributed by atoms with Gasteiger partial charge in [-0.1, -0.05) is 0 Å². The summed E-state index contributed by atoms with van der Waals surface area (Å²) >= 11 is -5.02. The molecule has 0 nitrogen and oxygen atoms in total. The third-order valence-electron chi connectivity index (χ3n) is 7.87. The van der Waals surface area contributed by atoms with Crippen LogP contribution in [0.25, 0.3) is 17.2 Å². The second-order valence-electron chi connectivity index (χ2n) is 9.84. The van der Waals surface area contributed by atoms with Crippen LogP contribution >= 0.6 is 0 Å². The van der Waals surface area contributed by atoms with E-state index in [2.05, 4.69) is 140 Å². The number of rotatable bonds is 5. The maximum absolute atomic E-state index is 2.60. The number of allylic oxidation sites excluding steroid dienone is 1. The van der Waals surface area contributed by atoms with Crippen molar-refractivity contribution in [2.24, 2.45) is 0 Å². The molecule has 5 aromatic rings. The minimum absolute atomic E-state index is 0.614. The van der Waals surface area contributed by atoms with Crippen molar-refractivity contribution in [1.29, 1.82) is 0 Å². The monoisotopic (exact) mass is 735 g/mol. The summed E-state index contributed by atoms with van der Waals surface area (Å²) in [6, 6.07) is 48.9. The molecular formula is C34H27HfSn. The third kappa shape index (κ3) is 3.92. The number of benzene rings is 5. The van der Waals surface area contributed by atoms with E-state index >= 15 is 0 Å². The van der Waals surface area contributed by atoms with E-state index in [4.69, 9.17) is 0 Å². The van der Waals surface area contributed by atoms with Gasteiger partial charge in [0.1, 0.15) is 0 Å². The van der Waals surface area contributed by atoms with Gasteiger partial charge in [0.2, 0.25) is 0 Å². The van der Waals surface area contributed by atoms with Crippen molar-refractivity contribution >= 4 is 31.9 Å². The fourth-order valence-electron chi connectivity index (χ4n) is 6.29. The zero-order valence-electron chi connectivity index (χ0n) is 20.1.